The standard InChI is InChI=1S/C13H16O4/c1-15-9-5-6-10-17-12-8-4-3-7-11(12)13(14)16-2/h3-8H,9-10H2,1-2H3. The Balaban J connectivity index is 2.61. The molecule has 0 aliphatic carbocycles. The van der Waals surface area contributed by atoms with E-state index in [2.05, 4.69) is 4.74 Å². The normalized spacial score (nSPS) is 10.5. The van der Waals surface area contributed by atoms with Gasteiger partial charge in [0.05, 0.1) is 13.7 Å². The third-order valence-electron chi connectivity index (χ3n) is 2.06. The van der Waals surface area contributed by atoms with Crippen molar-refractivity contribution in [3.8, 4) is 5.75 Å². The molecule has 0 heterocycles. The number of hydrogen-bond donors (Lipinski definition) is 0. The van der Waals surface area contributed by atoms with Crippen molar-refractivity contribution in [1.29, 1.82) is 0 Å². The second-order valence-corrected chi connectivity index (χ2v) is 3.23. The molecule has 4 heteroatoms. The third kappa shape index (κ3) is 4.28. The van der Waals surface area contributed by atoms with E-state index in [1.165, 1.54) is 7.11 Å². The van der Waals surface area contributed by atoms with Crippen LogP contribution in [0.4, 0.5) is 0 Å². The molecule has 0 radical (unpaired) electrons. The van der Waals surface area contributed by atoms with Gasteiger partial charge in [-0.15, -0.1) is 0 Å². The van der Waals surface area contributed by atoms with E-state index in [0.717, 1.165) is 0 Å². The summed E-state index contributed by atoms with van der Waals surface area (Å²) in [5.74, 6) is 0.114. The van der Waals surface area contributed by atoms with Gasteiger partial charge in [-0.2, -0.15) is 0 Å². The lowest BCUT2D eigenvalue weighted by atomic mass is 10.2. The molecule has 0 fully saturated rings. The zero-order valence-electron chi connectivity index (χ0n) is 10.0. The summed E-state index contributed by atoms with van der Waals surface area (Å²) in [5, 5.41) is 0. The van der Waals surface area contributed by atoms with Crippen LogP contribution < -0.4 is 4.74 Å². The predicted molar refractivity (Wildman–Crippen MR) is 64.3 cm³/mol. The number of para-hydroxylation sites is 1. The highest BCUT2D eigenvalue weighted by atomic mass is 16.5. The monoisotopic (exact) mass is 236 g/mol. The molecule has 0 aromatic heterocycles. The summed E-state index contributed by atoms with van der Waals surface area (Å²) in [6, 6.07) is 6.97. The van der Waals surface area contributed by atoms with Gasteiger partial charge < -0.3 is 14.2 Å². The van der Waals surface area contributed by atoms with E-state index in [4.69, 9.17) is 9.47 Å². The lowest BCUT2D eigenvalue weighted by Gasteiger charge is -2.07. The van der Waals surface area contributed by atoms with Gasteiger partial charge in [0, 0.05) is 7.11 Å². The van der Waals surface area contributed by atoms with Crippen LogP contribution in [0.3, 0.4) is 0 Å². The van der Waals surface area contributed by atoms with Crippen LogP contribution in [-0.2, 0) is 9.47 Å². The van der Waals surface area contributed by atoms with Gasteiger partial charge in [0.15, 0.2) is 0 Å². The van der Waals surface area contributed by atoms with Gasteiger partial charge in [-0.1, -0.05) is 18.2 Å². The molecule has 0 spiro atoms. The average molecular weight is 236 g/mol. The Morgan fingerprint density at radius 2 is 1.88 bits per heavy atom. The van der Waals surface area contributed by atoms with Gasteiger partial charge >= 0.3 is 5.97 Å². The first kappa shape index (κ1) is 13.3. The molecule has 0 aliphatic heterocycles. The third-order valence-corrected chi connectivity index (χ3v) is 2.06. The van der Waals surface area contributed by atoms with E-state index in [0.29, 0.717) is 24.5 Å². The fourth-order valence-electron chi connectivity index (χ4n) is 1.24. The fourth-order valence-corrected chi connectivity index (χ4v) is 1.24. The first-order valence-corrected chi connectivity index (χ1v) is 5.23. The minimum Gasteiger partial charge on any atom is -0.489 e. The highest BCUT2D eigenvalue weighted by Gasteiger charge is 2.11. The number of methoxy groups -OCH3 is 2. The largest absolute Gasteiger partial charge is 0.489 e. The van der Waals surface area contributed by atoms with Crippen molar-refractivity contribution in [3.05, 3.63) is 42.0 Å². The van der Waals surface area contributed by atoms with Crippen molar-refractivity contribution in [3.63, 3.8) is 0 Å². The molecule has 17 heavy (non-hydrogen) atoms. The maximum atomic E-state index is 11.4. The van der Waals surface area contributed by atoms with Crippen LogP contribution in [-0.4, -0.2) is 33.4 Å². The van der Waals surface area contributed by atoms with Crippen LogP contribution in [0.2, 0.25) is 0 Å². The molecule has 0 saturated heterocycles. The van der Waals surface area contributed by atoms with Crippen LogP contribution in [0.25, 0.3) is 0 Å². The lowest BCUT2D eigenvalue weighted by Crippen LogP contribution is -2.05. The minimum absolute atomic E-state index is 0.386. The molecule has 0 aliphatic rings. The van der Waals surface area contributed by atoms with E-state index in [-0.39, 0.29) is 0 Å². The Labute approximate surface area is 101 Å². The molecule has 1 aromatic carbocycles. The fraction of sp³-hybridized carbons (Fsp3) is 0.308. The van der Waals surface area contributed by atoms with Gasteiger partial charge in [0.2, 0.25) is 0 Å². The molecule has 92 valence electrons. The lowest BCUT2D eigenvalue weighted by molar-refractivity contribution is 0.0596. The van der Waals surface area contributed by atoms with Gasteiger partial charge in [0.25, 0.3) is 0 Å². The van der Waals surface area contributed by atoms with Crippen molar-refractivity contribution in [2.75, 3.05) is 27.4 Å². The zero-order valence-corrected chi connectivity index (χ0v) is 10.0. The van der Waals surface area contributed by atoms with Crippen LogP contribution in [0.1, 0.15) is 10.4 Å². The summed E-state index contributed by atoms with van der Waals surface area (Å²) in [5.41, 5.74) is 0.426. The van der Waals surface area contributed by atoms with Gasteiger partial charge in [0.1, 0.15) is 17.9 Å². The van der Waals surface area contributed by atoms with Gasteiger partial charge in [-0.05, 0) is 18.2 Å². The summed E-state index contributed by atoms with van der Waals surface area (Å²) in [6.45, 7) is 0.930. The summed E-state index contributed by atoms with van der Waals surface area (Å²) < 4.78 is 15.0. The van der Waals surface area contributed by atoms with Crippen LogP contribution in [0.15, 0.2) is 36.4 Å². The molecule has 1 rings (SSSR count). The van der Waals surface area contributed by atoms with Crippen molar-refractivity contribution in [1.82, 2.24) is 0 Å². The molecule has 0 unspecified atom stereocenters. The molecule has 0 N–H and O–H groups in total. The Hall–Kier alpha value is -1.81. The van der Waals surface area contributed by atoms with Crippen molar-refractivity contribution in [2.24, 2.45) is 0 Å². The number of esters is 1. The SMILES string of the molecule is COCC=CCOc1ccccc1C(=O)OC. The van der Waals surface area contributed by atoms with Crippen molar-refractivity contribution in [2.45, 2.75) is 0 Å². The average Bonchev–Trinajstić information content (AvgIpc) is 2.38. The van der Waals surface area contributed by atoms with Crippen molar-refractivity contribution < 1.29 is 19.0 Å². The van der Waals surface area contributed by atoms with Gasteiger partial charge in [-0.3, -0.25) is 0 Å². The molecule has 0 saturated carbocycles. The van der Waals surface area contributed by atoms with E-state index < -0.39 is 5.97 Å². The molecule has 4 nitrogen and oxygen atoms in total. The number of rotatable bonds is 6. The highest BCUT2D eigenvalue weighted by Crippen LogP contribution is 2.18. The Morgan fingerprint density at radius 3 is 2.59 bits per heavy atom. The summed E-state index contributed by atoms with van der Waals surface area (Å²) >= 11 is 0. The topological polar surface area (TPSA) is 44.8 Å². The number of ether oxygens (including phenoxy) is 3. The number of carbonyl (C=O) groups is 1. The van der Waals surface area contributed by atoms with Crippen molar-refractivity contribution >= 4 is 5.97 Å². The molecule has 1 aromatic rings. The summed E-state index contributed by atoms with van der Waals surface area (Å²) in [4.78, 5) is 11.4. The maximum Gasteiger partial charge on any atom is 0.341 e. The summed E-state index contributed by atoms with van der Waals surface area (Å²) in [6.07, 6.45) is 3.68. The first-order chi connectivity index (χ1) is 8.29. The second-order valence-electron chi connectivity index (χ2n) is 3.23. The quantitative estimate of drug-likeness (QED) is 0.560. The predicted octanol–water partition coefficient (Wildman–Crippen LogP) is 2.05. The Morgan fingerprint density at radius 1 is 1.18 bits per heavy atom. The highest BCUT2D eigenvalue weighted by molar-refractivity contribution is 5.92. The maximum absolute atomic E-state index is 11.4. The second kappa shape index (κ2) is 7.46. The van der Waals surface area contributed by atoms with Crippen LogP contribution in [0.5, 0.6) is 5.75 Å². The van der Waals surface area contributed by atoms with Crippen LogP contribution in [0, 0.1) is 0 Å². The smallest absolute Gasteiger partial charge is 0.341 e. The van der Waals surface area contributed by atoms with E-state index in [1.54, 1.807) is 31.4 Å². The zero-order chi connectivity index (χ0) is 12.5. The van der Waals surface area contributed by atoms with Gasteiger partial charge in [-0.25, -0.2) is 4.79 Å². The Bertz CT molecular complexity index is 385. The minimum atomic E-state index is -0.401. The molecule has 0 atom stereocenters. The van der Waals surface area contributed by atoms with E-state index in [9.17, 15) is 4.79 Å². The van der Waals surface area contributed by atoms with Crippen LogP contribution >= 0.6 is 0 Å². The molecule has 0 bridgehead atoms. The molecular formula is C13H16O4. The van der Waals surface area contributed by atoms with E-state index >= 15 is 0 Å². The molecule has 0 amide bonds. The number of carbonyl (C=O) groups excluding carboxylic acids is 1. The first-order valence-electron chi connectivity index (χ1n) is 5.23. The Kier molecular flexibility index (Phi) is 5.82. The number of hydrogen-bond acceptors (Lipinski definition) is 4. The summed E-state index contributed by atoms with van der Waals surface area (Å²) in [7, 11) is 2.97. The molecular weight excluding hydrogens is 220 g/mol. The van der Waals surface area contributed by atoms with E-state index in [1.807, 2.05) is 12.2 Å². The number of benzene rings is 1.